The maximum Gasteiger partial charge on any atom is 0.0459 e. The molecular weight excluding hydrogens is 268 g/mol. The van der Waals surface area contributed by atoms with E-state index < -0.39 is 0 Å². The molecule has 2 bridgehead atoms. The summed E-state index contributed by atoms with van der Waals surface area (Å²) >= 11 is 0. The molecule has 0 saturated carbocycles. The van der Waals surface area contributed by atoms with Crippen LogP contribution < -0.4 is 5.73 Å². The normalized spacial score (nSPS) is 32.0. The summed E-state index contributed by atoms with van der Waals surface area (Å²) in [5.74, 6) is 1.43. The zero-order valence-corrected chi connectivity index (χ0v) is 13.0. The first kappa shape index (κ1) is 14.0. The van der Waals surface area contributed by atoms with Gasteiger partial charge in [0.1, 0.15) is 0 Å². The van der Waals surface area contributed by atoms with Crippen LogP contribution in [0.5, 0.6) is 0 Å². The molecule has 4 unspecified atom stereocenters. The SMILES string of the molecule is C=CC1CN2CCC1CC2[C@@H](N)c1cccc2ccccc12. The van der Waals surface area contributed by atoms with E-state index in [1.165, 1.54) is 35.7 Å². The van der Waals surface area contributed by atoms with Crippen molar-refractivity contribution in [1.29, 1.82) is 0 Å². The van der Waals surface area contributed by atoms with Crippen molar-refractivity contribution in [1.82, 2.24) is 4.90 Å². The molecule has 3 saturated heterocycles. The van der Waals surface area contributed by atoms with Gasteiger partial charge < -0.3 is 5.73 Å². The first-order valence-corrected chi connectivity index (χ1v) is 8.38. The number of hydrogen-bond acceptors (Lipinski definition) is 2. The molecule has 0 radical (unpaired) electrons. The Balaban J connectivity index is 1.67. The maximum atomic E-state index is 6.74. The fraction of sp³-hybridized carbons (Fsp3) is 0.400. The Kier molecular flexibility index (Phi) is 3.51. The van der Waals surface area contributed by atoms with E-state index in [9.17, 15) is 0 Å². The molecule has 2 heteroatoms. The third-order valence-electron chi connectivity index (χ3n) is 5.75. The second-order valence-corrected chi connectivity index (χ2v) is 6.84. The highest BCUT2D eigenvalue weighted by Crippen LogP contribution is 2.41. The van der Waals surface area contributed by atoms with Crippen LogP contribution in [0.4, 0.5) is 0 Å². The number of nitrogens with two attached hydrogens (primary N) is 1. The van der Waals surface area contributed by atoms with E-state index in [2.05, 4.69) is 60.0 Å². The highest BCUT2D eigenvalue weighted by Gasteiger charge is 2.41. The first-order valence-electron chi connectivity index (χ1n) is 8.38. The van der Waals surface area contributed by atoms with E-state index >= 15 is 0 Å². The molecule has 3 aliphatic rings. The van der Waals surface area contributed by atoms with Crippen molar-refractivity contribution in [3.63, 3.8) is 0 Å². The molecule has 0 amide bonds. The van der Waals surface area contributed by atoms with Gasteiger partial charge in [-0.1, -0.05) is 48.5 Å². The van der Waals surface area contributed by atoms with Crippen LogP contribution in [0.2, 0.25) is 0 Å². The Morgan fingerprint density at radius 3 is 2.77 bits per heavy atom. The average molecular weight is 292 g/mol. The Bertz CT molecular complexity index is 688. The minimum atomic E-state index is 0.0969. The van der Waals surface area contributed by atoms with E-state index in [-0.39, 0.29) is 6.04 Å². The van der Waals surface area contributed by atoms with Gasteiger partial charge in [0, 0.05) is 18.6 Å². The van der Waals surface area contributed by atoms with E-state index in [0.29, 0.717) is 12.0 Å². The van der Waals surface area contributed by atoms with E-state index in [4.69, 9.17) is 5.73 Å². The molecule has 2 aromatic rings. The number of benzene rings is 2. The summed E-state index contributed by atoms with van der Waals surface area (Å²) in [7, 11) is 0. The standard InChI is InChI=1S/C20H24N2/c1-2-14-13-22-11-10-16(14)12-19(22)20(21)18-9-5-7-15-6-3-4-8-17(15)18/h2-9,14,16,19-20H,1,10-13,21H2/t14?,16?,19?,20-/m0/s1. The number of fused-ring (bicyclic) bond motifs is 4. The average Bonchev–Trinajstić information content (AvgIpc) is 2.60. The minimum Gasteiger partial charge on any atom is -0.323 e. The van der Waals surface area contributed by atoms with Crippen molar-refractivity contribution in [3.05, 3.63) is 60.7 Å². The van der Waals surface area contributed by atoms with Gasteiger partial charge in [0.25, 0.3) is 0 Å². The van der Waals surface area contributed by atoms with Crippen LogP contribution in [0.25, 0.3) is 10.8 Å². The van der Waals surface area contributed by atoms with Crippen LogP contribution in [0, 0.1) is 11.8 Å². The van der Waals surface area contributed by atoms with Crippen molar-refractivity contribution in [2.45, 2.75) is 24.9 Å². The third kappa shape index (κ3) is 2.18. The molecule has 3 fully saturated rings. The van der Waals surface area contributed by atoms with Gasteiger partial charge in [-0.3, -0.25) is 4.90 Å². The topological polar surface area (TPSA) is 29.3 Å². The van der Waals surface area contributed by atoms with Gasteiger partial charge in [-0.25, -0.2) is 0 Å². The molecule has 2 aromatic carbocycles. The van der Waals surface area contributed by atoms with Crippen LogP contribution in [-0.4, -0.2) is 24.0 Å². The molecular formula is C20H24N2. The quantitative estimate of drug-likeness (QED) is 0.873. The predicted octanol–water partition coefficient (Wildman–Crippen LogP) is 3.74. The van der Waals surface area contributed by atoms with Crippen molar-refractivity contribution in [3.8, 4) is 0 Å². The second-order valence-electron chi connectivity index (χ2n) is 6.84. The Morgan fingerprint density at radius 2 is 2.00 bits per heavy atom. The summed E-state index contributed by atoms with van der Waals surface area (Å²) in [4.78, 5) is 2.60. The largest absolute Gasteiger partial charge is 0.323 e. The van der Waals surface area contributed by atoms with Crippen molar-refractivity contribution in [2.75, 3.05) is 13.1 Å². The van der Waals surface area contributed by atoms with Crippen LogP contribution >= 0.6 is 0 Å². The lowest BCUT2D eigenvalue weighted by atomic mass is 9.73. The van der Waals surface area contributed by atoms with Gasteiger partial charge in [-0.2, -0.15) is 0 Å². The van der Waals surface area contributed by atoms with Crippen LogP contribution in [0.3, 0.4) is 0 Å². The molecule has 0 aromatic heterocycles. The number of piperidine rings is 3. The van der Waals surface area contributed by atoms with Crippen LogP contribution in [0.1, 0.15) is 24.4 Å². The minimum absolute atomic E-state index is 0.0969. The van der Waals surface area contributed by atoms with Gasteiger partial charge in [0.15, 0.2) is 0 Å². The van der Waals surface area contributed by atoms with Gasteiger partial charge in [-0.15, -0.1) is 6.58 Å². The second kappa shape index (κ2) is 5.53. The molecule has 0 aliphatic carbocycles. The van der Waals surface area contributed by atoms with E-state index in [1.54, 1.807) is 0 Å². The van der Waals surface area contributed by atoms with Gasteiger partial charge >= 0.3 is 0 Å². The van der Waals surface area contributed by atoms with Crippen LogP contribution in [0.15, 0.2) is 55.1 Å². The molecule has 5 rings (SSSR count). The molecule has 2 N–H and O–H groups in total. The molecule has 5 atom stereocenters. The molecule has 0 spiro atoms. The Labute approximate surface area is 132 Å². The summed E-state index contributed by atoms with van der Waals surface area (Å²) in [5, 5.41) is 2.59. The van der Waals surface area contributed by atoms with Gasteiger partial charge in [0.05, 0.1) is 0 Å². The van der Waals surface area contributed by atoms with Crippen molar-refractivity contribution in [2.24, 2.45) is 17.6 Å². The summed E-state index contributed by atoms with van der Waals surface area (Å²) < 4.78 is 0. The highest BCUT2D eigenvalue weighted by atomic mass is 15.2. The summed E-state index contributed by atoms with van der Waals surface area (Å²) in [6, 6.07) is 15.7. The lowest BCUT2D eigenvalue weighted by Crippen LogP contribution is -2.56. The first-order chi connectivity index (χ1) is 10.8. The Morgan fingerprint density at radius 1 is 1.18 bits per heavy atom. The molecule has 22 heavy (non-hydrogen) atoms. The van der Waals surface area contributed by atoms with E-state index in [0.717, 1.165) is 12.5 Å². The third-order valence-corrected chi connectivity index (χ3v) is 5.75. The predicted molar refractivity (Wildman–Crippen MR) is 92.6 cm³/mol. The van der Waals surface area contributed by atoms with E-state index in [1.807, 2.05) is 0 Å². The zero-order valence-electron chi connectivity index (χ0n) is 13.0. The lowest BCUT2D eigenvalue weighted by Gasteiger charge is -2.51. The summed E-state index contributed by atoms with van der Waals surface area (Å²) in [5.41, 5.74) is 8.04. The van der Waals surface area contributed by atoms with Crippen LogP contribution in [-0.2, 0) is 0 Å². The monoisotopic (exact) mass is 292 g/mol. The van der Waals surface area contributed by atoms with Crippen molar-refractivity contribution < 1.29 is 0 Å². The van der Waals surface area contributed by atoms with Gasteiger partial charge in [-0.05, 0) is 47.6 Å². The van der Waals surface area contributed by atoms with Crippen molar-refractivity contribution >= 4 is 10.8 Å². The molecule has 2 nitrogen and oxygen atoms in total. The molecule has 114 valence electrons. The smallest absolute Gasteiger partial charge is 0.0459 e. The summed E-state index contributed by atoms with van der Waals surface area (Å²) in [6.07, 6.45) is 4.66. The maximum absolute atomic E-state index is 6.74. The zero-order chi connectivity index (χ0) is 15.1. The molecule has 3 aliphatic heterocycles. The Hall–Kier alpha value is -1.64. The fourth-order valence-electron chi connectivity index (χ4n) is 4.50. The van der Waals surface area contributed by atoms with Gasteiger partial charge in [0.2, 0.25) is 0 Å². The highest BCUT2D eigenvalue weighted by molar-refractivity contribution is 5.86. The lowest BCUT2D eigenvalue weighted by molar-refractivity contribution is 0.00750. The number of hydrogen-bond donors (Lipinski definition) is 1. The number of nitrogens with zero attached hydrogens (tertiary/aromatic N) is 1. The molecule has 3 heterocycles. The fourth-order valence-corrected chi connectivity index (χ4v) is 4.50. The number of rotatable bonds is 3. The summed E-state index contributed by atoms with van der Waals surface area (Å²) in [6.45, 7) is 6.34.